The fourth-order valence-electron chi connectivity index (χ4n) is 3.64. The van der Waals surface area contributed by atoms with Crippen molar-refractivity contribution in [1.29, 1.82) is 0 Å². The third-order valence-corrected chi connectivity index (χ3v) is 5.08. The summed E-state index contributed by atoms with van der Waals surface area (Å²) in [5, 5.41) is 10.3. The molecule has 3 rings (SSSR count). The number of nitrogens with one attached hydrogen (secondary N) is 2. The molecular formula is C22H32N3O4+. The Hall–Kier alpha value is -2.22. The topological polar surface area (TPSA) is 88.9 Å². The van der Waals surface area contributed by atoms with E-state index in [1.54, 1.807) is 7.11 Å². The molecule has 2 heterocycles. The summed E-state index contributed by atoms with van der Waals surface area (Å²) in [5.74, 6) is 1.44. The lowest BCUT2D eigenvalue weighted by atomic mass is 10.1. The van der Waals surface area contributed by atoms with Gasteiger partial charge in [0.25, 0.3) is 5.56 Å². The molecule has 7 nitrogen and oxygen atoms in total. The van der Waals surface area contributed by atoms with Crippen molar-refractivity contribution in [2.45, 2.75) is 51.9 Å². The van der Waals surface area contributed by atoms with Gasteiger partial charge in [-0.1, -0.05) is 18.2 Å². The molecule has 0 radical (unpaired) electrons. The number of nitrogens with zero attached hydrogens (tertiary/aromatic N) is 1. The van der Waals surface area contributed by atoms with E-state index in [4.69, 9.17) is 14.5 Å². The zero-order valence-corrected chi connectivity index (χ0v) is 17.7. The highest BCUT2D eigenvalue weighted by Gasteiger charge is 2.26. The Morgan fingerprint density at radius 2 is 2.07 bits per heavy atom. The number of methoxy groups -OCH3 is 1. The van der Waals surface area contributed by atoms with Crippen LogP contribution in [0.1, 0.15) is 43.4 Å². The molecule has 1 aromatic carbocycles. The smallest absolute Gasteiger partial charge is 0.260 e. The van der Waals surface area contributed by atoms with Crippen LogP contribution in [0.25, 0.3) is 0 Å². The number of aromatic nitrogens is 2. The Morgan fingerprint density at radius 3 is 2.79 bits per heavy atom. The lowest BCUT2D eigenvalue weighted by Crippen LogP contribution is -3.13. The molecule has 29 heavy (non-hydrogen) atoms. The standard InChI is InChI=1S/C22H31N3O4/c1-22(2,3)29-14-16(26)12-25-10-9-18-17(13-25)21(27)24-20(23-18)11-15-7-5-6-8-19(15)28-4/h5-8,16,26H,9-14H2,1-4H3,(H,23,24,27)/p+1/t16-/m0/s1. The van der Waals surface area contributed by atoms with Gasteiger partial charge in [-0.25, -0.2) is 4.98 Å². The number of H-pyrrole nitrogens is 1. The van der Waals surface area contributed by atoms with Gasteiger partial charge in [0.1, 0.15) is 30.8 Å². The van der Waals surface area contributed by atoms with Gasteiger partial charge in [0.2, 0.25) is 0 Å². The van der Waals surface area contributed by atoms with Crippen LogP contribution in [-0.4, -0.2) is 53.6 Å². The number of benzene rings is 1. The van der Waals surface area contributed by atoms with E-state index in [1.807, 2.05) is 45.0 Å². The number of aliphatic hydroxyl groups is 1. The first-order valence-corrected chi connectivity index (χ1v) is 10.1. The highest BCUT2D eigenvalue weighted by molar-refractivity contribution is 5.35. The number of hydrogen-bond donors (Lipinski definition) is 3. The zero-order chi connectivity index (χ0) is 21.0. The fraction of sp³-hybridized carbons (Fsp3) is 0.545. The average molecular weight is 403 g/mol. The van der Waals surface area contributed by atoms with E-state index in [9.17, 15) is 9.90 Å². The van der Waals surface area contributed by atoms with Crippen molar-refractivity contribution in [3.63, 3.8) is 0 Å². The Balaban J connectivity index is 1.67. The van der Waals surface area contributed by atoms with Gasteiger partial charge in [-0.15, -0.1) is 0 Å². The molecule has 0 saturated heterocycles. The van der Waals surface area contributed by atoms with E-state index in [2.05, 4.69) is 4.98 Å². The number of aromatic amines is 1. The molecule has 0 amide bonds. The van der Waals surface area contributed by atoms with Gasteiger partial charge in [-0.2, -0.15) is 0 Å². The SMILES string of the molecule is COc1ccccc1Cc1nc2c(c(=O)[nH]1)C[NH+](C[C@H](O)COC(C)(C)C)CC2. The second-order valence-corrected chi connectivity index (χ2v) is 8.63. The lowest BCUT2D eigenvalue weighted by Gasteiger charge is -2.28. The Kier molecular flexibility index (Phi) is 6.72. The van der Waals surface area contributed by atoms with Crippen molar-refractivity contribution in [2.24, 2.45) is 0 Å². The predicted molar refractivity (Wildman–Crippen MR) is 110 cm³/mol. The number of rotatable bonds is 7. The molecule has 1 aliphatic rings. The molecule has 1 aromatic heterocycles. The van der Waals surface area contributed by atoms with Crippen LogP contribution in [-0.2, 0) is 24.1 Å². The highest BCUT2D eigenvalue weighted by atomic mass is 16.5. The largest absolute Gasteiger partial charge is 0.496 e. The molecule has 2 atom stereocenters. The molecule has 2 aromatic rings. The van der Waals surface area contributed by atoms with E-state index in [0.29, 0.717) is 31.9 Å². The van der Waals surface area contributed by atoms with E-state index >= 15 is 0 Å². The molecule has 0 aliphatic carbocycles. The van der Waals surface area contributed by atoms with Crippen LogP contribution in [0.4, 0.5) is 0 Å². The maximum Gasteiger partial charge on any atom is 0.260 e. The van der Waals surface area contributed by atoms with Crippen molar-refractivity contribution in [2.75, 3.05) is 26.8 Å². The van der Waals surface area contributed by atoms with Gasteiger partial charge in [-0.05, 0) is 26.8 Å². The Bertz CT molecular complexity index is 888. The molecule has 0 bridgehead atoms. The van der Waals surface area contributed by atoms with Gasteiger partial charge in [0.15, 0.2) is 0 Å². The molecule has 1 unspecified atom stereocenters. The number of aliphatic hydroxyl groups excluding tert-OH is 1. The number of para-hydroxylation sites is 1. The molecule has 1 aliphatic heterocycles. The first-order chi connectivity index (χ1) is 13.7. The van der Waals surface area contributed by atoms with Crippen molar-refractivity contribution >= 4 is 0 Å². The van der Waals surface area contributed by atoms with Gasteiger partial charge in [0.05, 0.1) is 37.1 Å². The normalized spacial score (nSPS) is 17.6. The average Bonchev–Trinajstić information content (AvgIpc) is 2.67. The minimum Gasteiger partial charge on any atom is -0.496 e. The summed E-state index contributed by atoms with van der Waals surface area (Å²) in [4.78, 5) is 21.5. The number of ether oxygens (including phenoxy) is 2. The van der Waals surface area contributed by atoms with Crippen LogP contribution in [0.15, 0.2) is 29.1 Å². The van der Waals surface area contributed by atoms with Crippen molar-refractivity contribution < 1.29 is 19.5 Å². The van der Waals surface area contributed by atoms with E-state index in [1.165, 1.54) is 4.90 Å². The first-order valence-electron chi connectivity index (χ1n) is 10.1. The van der Waals surface area contributed by atoms with Crippen LogP contribution < -0.4 is 15.2 Å². The fourth-order valence-corrected chi connectivity index (χ4v) is 3.64. The minimum atomic E-state index is -0.553. The van der Waals surface area contributed by atoms with Crippen LogP contribution >= 0.6 is 0 Å². The van der Waals surface area contributed by atoms with Crippen molar-refractivity contribution in [3.8, 4) is 5.75 Å². The van der Waals surface area contributed by atoms with E-state index < -0.39 is 6.10 Å². The summed E-state index contributed by atoms with van der Waals surface area (Å²) in [6.07, 6.45) is 0.689. The van der Waals surface area contributed by atoms with Crippen molar-refractivity contribution in [3.05, 3.63) is 57.3 Å². The van der Waals surface area contributed by atoms with Crippen LogP contribution in [0.5, 0.6) is 5.75 Å². The van der Waals surface area contributed by atoms with Gasteiger partial charge < -0.3 is 24.5 Å². The minimum absolute atomic E-state index is 0.0856. The van der Waals surface area contributed by atoms with Gasteiger partial charge in [-0.3, -0.25) is 4.79 Å². The molecule has 3 N–H and O–H groups in total. The van der Waals surface area contributed by atoms with Crippen LogP contribution in [0.3, 0.4) is 0 Å². The number of hydrogen-bond acceptors (Lipinski definition) is 5. The third-order valence-electron chi connectivity index (χ3n) is 5.08. The zero-order valence-electron chi connectivity index (χ0n) is 17.7. The Labute approximate surface area is 171 Å². The van der Waals surface area contributed by atoms with Gasteiger partial charge >= 0.3 is 0 Å². The van der Waals surface area contributed by atoms with Gasteiger partial charge in [0, 0.05) is 18.4 Å². The van der Waals surface area contributed by atoms with E-state index in [-0.39, 0.29) is 11.2 Å². The number of fused-ring (bicyclic) bond motifs is 1. The number of quaternary nitrogens is 1. The predicted octanol–water partition coefficient (Wildman–Crippen LogP) is 0.486. The third kappa shape index (κ3) is 5.88. The highest BCUT2D eigenvalue weighted by Crippen LogP contribution is 2.19. The summed E-state index contributed by atoms with van der Waals surface area (Å²) >= 11 is 0. The van der Waals surface area contributed by atoms with E-state index in [0.717, 1.165) is 35.5 Å². The molecule has 0 spiro atoms. The summed E-state index contributed by atoms with van der Waals surface area (Å²) in [7, 11) is 1.64. The molecule has 158 valence electrons. The molecule has 7 heteroatoms. The summed E-state index contributed by atoms with van der Waals surface area (Å²) in [6, 6.07) is 7.75. The maximum absolute atomic E-state index is 12.7. The quantitative estimate of drug-likeness (QED) is 0.627. The van der Waals surface area contributed by atoms with Crippen molar-refractivity contribution in [1.82, 2.24) is 9.97 Å². The van der Waals surface area contributed by atoms with Crippen LogP contribution in [0, 0.1) is 0 Å². The van der Waals surface area contributed by atoms with Crippen LogP contribution in [0.2, 0.25) is 0 Å². The molecule has 0 saturated carbocycles. The summed E-state index contributed by atoms with van der Waals surface area (Å²) < 4.78 is 11.1. The molecule has 0 fully saturated rings. The maximum atomic E-state index is 12.7. The summed E-state index contributed by atoms with van der Waals surface area (Å²) in [6.45, 7) is 8.17. The monoisotopic (exact) mass is 402 g/mol. The molecular weight excluding hydrogens is 370 g/mol. The Morgan fingerprint density at radius 1 is 1.31 bits per heavy atom. The lowest BCUT2D eigenvalue weighted by molar-refractivity contribution is -0.919. The summed E-state index contributed by atoms with van der Waals surface area (Å²) in [5.41, 5.74) is 2.21. The second-order valence-electron chi connectivity index (χ2n) is 8.63. The first kappa shape index (κ1) is 21.5. The second kappa shape index (κ2) is 9.07.